The van der Waals surface area contributed by atoms with E-state index >= 15 is 0 Å². The fourth-order valence-corrected chi connectivity index (χ4v) is 2.35. The monoisotopic (exact) mass is 181 g/mol. The smallest absolute Gasteiger partial charge is 0.0407 e. The molecule has 0 aliphatic heterocycles. The average Bonchev–Trinajstić information content (AvgIpc) is 2.04. The van der Waals surface area contributed by atoms with E-state index in [4.69, 9.17) is 5.53 Å². The summed E-state index contributed by atoms with van der Waals surface area (Å²) < 4.78 is 0. The van der Waals surface area contributed by atoms with E-state index in [2.05, 4.69) is 30.8 Å². The average molecular weight is 181 g/mol. The van der Waals surface area contributed by atoms with Gasteiger partial charge in [-0.05, 0) is 36.1 Å². The molecule has 1 rings (SSSR count). The maximum absolute atomic E-state index is 8.46. The summed E-state index contributed by atoms with van der Waals surface area (Å²) >= 11 is 0. The Balaban J connectivity index is 2.65. The molecule has 13 heavy (non-hydrogen) atoms. The molecule has 1 fully saturated rings. The zero-order chi connectivity index (χ0) is 9.84. The molecule has 0 aromatic heterocycles. The normalized spacial score (nSPS) is 34.3. The van der Waals surface area contributed by atoms with Gasteiger partial charge in [-0.15, -0.1) is 0 Å². The topological polar surface area (TPSA) is 48.8 Å². The van der Waals surface area contributed by atoms with Crippen LogP contribution in [0, 0.1) is 17.8 Å². The maximum Gasteiger partial charge on any atom is 0.0407 e. The van der Waals surface area contributed by atoms with Crippen molar-refractivity contribution in [2.75, 3.05) is 0 Å². The highest BCUT2D eigenvalue weighted by Gasteiger charge is 2.29. The number of nitrogens with zero attached hydrogens (tertiary/aromatic N) is 3. The minimum absolute atomic E-state index is 0.244. The first-order chi connectivity index (χ1) is 6.15. The number of hydrogen-bond donors (Lipinski definition) is 0. The first-order valence-electron chi connectivity index (χ1n) is 5.19. The SMILES string of the molecule is CC(C)[C@H]1CC[C@H](C)C[C@H]1N=[N+]=[N-]. The van der Waals surface area contributed by atoms with Gasteiger partial charge >= 0.3 is 0 Å². The molecule has 1 aliphatic carbocycles. The van der Waals surface area contributed by atoms with Crippen molar-refractivity contribution in [3.05, 3.63) is 10.4 Å². The van der Waals surface area contributed by atoms with Crippen molar-refractivity contribution < 1.29 is 0 Å². The van der Waals surface area contributed by atoms with E-state index in [1.54, 1.807) is 0 Å². The molecule has 0 radical (unpaired) electrons. The fraction of sp³-hybridized carbons (Fsp3) is 1.00. The summed E-state index contributed by atoms with van der Waals surface area (Å²) in [6.07, 6.45) is 3.59. The van der Waals surface area contributed by atoms with Gasteiger partial charge < -0.3 is 0 Å². The van der Waals surface area contributed by atoms with E-state index in [0.29, 0.717) is 11.8 Å². The van der Waals surface area contributed by atoms with Crippen LogP contribution in [0.2, 0.25) is 0 Å². The summed E-state index contributed by atoms with van der Waals surface area (Å²) in [4.78, 5) is 2.95. The Morgan fingerprint density at radius 3 is 2.62 bits per heavy atom. The predicted molar refractivity (Wildman–Crippen MR) is 54.3 cm³/mol. The molecule has 0 heterocycles. The highest BCUT2D eigenvalue weighted by molar-refractivity contribution is 4.85. The molecular weight excluding hydrogens is 162 g/mol. The van der Waals surface area contributed by atoms with Gasteiger partial charge in [0, 0.05) is 11.0 Å². The van der Waals surface area contributed by atoms with E-state index in [0.717, 1.165) is 12.3 Å². The second kappa shape index (κ2) is 4.52. The highest BCUT2D eigenvalue weighted by atomic mass is 15.2. The van der Waals surface area contributed by atoms with Crippen LogP contribution in [0.5, 0.6) is 0 Å². The van der Waals surface area contributed by atoms with E-state index in [1.165, 1.54) is 12.8 Å². The molecule has 0 bridgehead atoms. The highest BCUT2D eigenvalue weighted by Crippen LogP contribution is 2.35. The standard InChI is InChI=1S/C10H19N3/c1-7(2)9-5-4-8(3)6-10(9)12-13-11/h7-10H,4-6H2,1-3H3/t8-,9+,10+/m0/s1. The van der Waals surface area contributed by atoms with Gasteiger partial charge in [0.1, 0.15) is 0 Å². The molecule has 0 aromatic rings. The summed E-state index contributed by atoms with van der Waals surface area (Å²) in [6, 6.07) is 0.244. The molecule has 74 valence electrons. The molecule has 0 amide bonds. The van der Waals surface area contributed by atoms with Crippen molar-refractivity contribution >= 4 is 0 Å². The molecule has 3 heteroatoms. The van der Waals surface area contributed by atoms with Crippen LogP contribution in [0.1, 0.15) is 40.0 Å². The number of rotatable bonds is 2. The van der Waals surface area contributed by atoms with Crippen molar-refractivity contribution in [3.8, 4) is 0 Å². The second-order valence-electron chi connectivity index (χ2n) is 4.60. The van der Waals surface area contributed by atoms with E-state index < -0.39 is 0 Å². The van der Waals surface area contributed by atoms with Crippen molar-refractivity contribution in [1.82, 2.24) is 0 Å². The van der Waals surface area contributed by atoms with Crippen LogP contribution >= 0.6 is 0 Å². The van der Waals surface area contributed by atoms with Crippen molar-refractivity contribution in [3.63, 3.8) is 0 Å². The third-order valence-corrected chi connectivity index (χ3v) is 3.19. The molecule has 0 N–H and O–H groups in total. The number of azide groups is 1. The van der Waals surface area contributed by atoms with Gasteiger partial charge in [0.2, 0.25) is 0 Å². The minimum atomic E-state index is 0.244. The van der Waals surface area contributed by atoms with E-state index in [-0.39, 0.29) is 6.04 Å². The van der Waals surface area contributed by atoms with Crippen LogP contribution < -0.4 is 0 Å². The summed E-state index contributed by atoms with van der Waals surface area (Å²) in [5, 5.41) is 3.92. The minimum Gasteiger partial charge on any atom is -0.0903 e. The first-order valence-corrected chi connectivity index (χ1v) is 5.19. The summed E-state index contributed by atoms with van der Waals surface area (Å²) in [7, 11) is 0. The maximum atomic E-state index is 8.46. The van der Waals surface area contributed by atoms with Gasteiger partial charge in [0.05, 0.1) is 0 Å². The van der Waals surface area contributed by atoms with Crippen molar-refractivity contribution in [2.24, 2.45) is 22.9 Å². The predicted octanol–water partition coefficient (Wildman–Crippen LogP) is 3.76. The third kappa shape index (κ3) is 2.63. The summed E-state index contributed by atoms with van der Waals surface area (Å²) in [6.45, 7) is 6.69. The Hall–Kier alpha value is -0.690. The van der Waals surface area contributed by atoms with E-state index in [1.807, 2.05) is 0 Å². The lowest BCUT2D eigenvalue weighted by Crippen LogP contribution is -2.30. The summed E-state index contributed by atoms with van der Waals surface area (Å²) in [5.74, 6) is 1.97. The molecule has 3 nitrogen and oxygen atoms in total. The fourth-order valence-electron chi connectivity index (χ4n) is 2.35. The lowest BCUT2D eigenvalue weighted by molar-refractivity contribution is 0.199. The van der Waals surface area contributed by atoms with Crippen LogP contribution in [-0.2, 0) is 0 Å². The molecule has 1 aliphatic rings. The lowest BCUT2D eigenvalue weighted by Gasteiger charge is -2.34. The Morgan fingerprint density at radius 2 is 2.08 bits per heavy atom. The second-order valence-corrected chi connectivity index (χ2v) is 4.60. The Morgan fingerprint density at radius 1 is 1.38 bits per heavy atom. The summed E-state index contributed by atoms with van der Waals surface area (Å²) in [5.41, 5.74) is 8.46. The number of hydrogen-bond acceptors (Lipinski definition) is 1. The molecule has 0 aromatic carbocycles. The van der Waals surface area contributed by atoms with Gasteiger partial charge in [-0.1, -0.05) is 32.3 Å². The van der Waals surface area contributed by atoms with Gasteiger partial charge in [0.25, 0.3) is 0 Å². The zero-order valence-corrected chi connectivity index (χ0v) is 8.77. The van der Waals surface area contributed by atoms with Crippen molar-refractivity contribution in [2.45, 2.75) is 46.1 Å². The van der Waals surface area contributed by atoms with Crippen LogP contribution in [-0.4, -0.2) is 6.04 Å². The third-order valence-electron chi connectivity index (χ3n) is 3.19. The first kappa shape index (κ1) is 10.4. The van der Waals surface area contributed by atoms with Crippen LogP contribution in [0.15, 0.2) is 5.11 Å². The van der Waals surface area contributed by atoms with Crippen LogP contribution in [0.4, 0.5) is 0 Å². The van der Waals surface area contributed by atoms with Crippen LogP contribution in [0.25, 0.3) is 10.4 Å². The Labute approximate surface area is 80.2 Å². The van der Waals surface area contributed by atoms with E-state index in [9.17, 15) is 0 Å². The van der Waals surface area contributed by atoms with Crippen LogP contribution in [0.3, 0.4) is 0 Å². The molecule has 0 spiro atoms. The Kier molecular flexibility index (Phi) is 3.61. The molecular formula is C10H19N3. The lowest BCUT2D eigenvalue weighted by atomic mass is 9.74. The quantitative estimate of drug-likeness (QED) is 0.354. The van der Waals surface area contributed by atoms with Crippen molar-refractivity contribution in [1.29, 1.82) is 0 Å². The molecule has 1 saturated carbocycles. The van der Waals surface area contributed by atoms with Gasteiger partial charge in [0.15, 0.2) is 0 Å². The molecule has 0 saturated heterocycles. The van der Waals surface area contributed by atoms with Gasteiger partial charge in [-0.2, -0.15) is 0 Å². The zero-order valence-electron chi connectivity index (χ0n) is 8.77. The Bertz CT molecular complexity index is 206. The largest absolute Gasteiger partial charge is 0.0903 e. The molecule has 0 unspecified atom stereocenters. The van der Waals surface area contributed by atoms with Gasteiger partial charge in [-0.3, -0.25) is 0 Å². The van der Waals surface area contributed by atoms with Gasteiger partial charge in [-0.25, -0.2) is 0 Å². The molecule has 3 atom stereocenters.